The van der Waals surface area contributed by atoms with Gasteiger partial charge in [0.1, 0.15) is 18.3 Å². The molecule has 1 atom stereocenters. The summed E-state index contributed by atoms with van der Waals surface area (Å²) >= 11 is 3.44. The summed E-state index contributed by atoms with van der Waals surface area (Å²) in [5.74, 6) is -0.289. The number of hydrogen-bond donors (Lipinski definition) is 1. The Morgan fingerprint density at radius 2 is 1.66 bits per heavy atom. The second kappa shape index (κ2) is 13.4. The molecule has 0 aliphatic carbocycles. The minimum atomic E-state index is -4.13. The number of nitrogens with one attached hydrogen (secondary N) is 1. The number of sulfonamides is 1. The van der Waals surface area contributed by atoms with Gasteiger partial charge in [0.2, 0.25) is 11.8 Å². The molecule has 1 N–H and O–H groups in total. The van der Waals surface area contributed by atoms with Crippen LogP contribution in [0.15, 0.2) is 88.2 Å². The third-order valence-electron chi connectivity index (χ3n) is 5.81. The first kappa shape index (κ1) is 29.2. The van der Waals surface area contributed by atoms with Crippen LogP contribution in [-0.2, 0) is 26.2 Å². The minimum absolute atomic E-state index is 0.0212. The van der Waals surface area contributed by atoms with Crippen LogP contribution < -0.4 is 14.4 Å². The standard InChI is InChI=1S/C28H32BrN3O5S/c1-4-30-28(34)21(3)31(19-22-10-9-11-23(29)18-22)27(33)20-32(24-12-7-6-8-13-24)38(35,36)26-16-14-25(15-17-26)37-5-2/h6-18,21H,4-5,19-20H2,1-3H3,(H,30,34). The van der Waals surface area contributed by atoms with E-state index in [4.69, 9.17) is 4.74 Å². The molecule has 2 amide bonds. The van der Waals surface area contributed by atoms with Crippen LogP contribution in [0, 0.1) is 0 Å². The number of carbonyl (C=O) groups excluding carboxylic acids is 2. The Kier molecular flexibility index (Phi) is 10.3. The molecular formula is C28H32BrN3O5S. The molecule has 3 aromatic carbocycles. The number of hydrogen-bond acceptors (Lipinski definition) is 5. The number of likely N-dealkylation sites (N-methyl/N-ethyl adjacent to an activating group) is 1. The van der Waals surface area contributed by atoms with Crippen LogP contribution in [0.25, 0.3) is 0 Å². The Bertz CT molecular complexity index is 1330. The van der Waals surface area contributed by atoms with Crippen LogP contribution in [0.2, 0.25) is 0 Å². The van der Waals surface area contributed by atoms with E-state index < -0.39 is 28.5 Å². The van der Waals surface area contributed by atoms with Crippen LogP contribution in [0.3, 0.4) is 0 Å². The van der Waals surface area contributed by atoms with Crippen molar-refractivity contribution in [2.45, 2.75) is 38.3 Å². The van der Waals surface area contributed by atoms with Crippen LogP contribution >= 0.6 is 15.9 Å². The lowest BCUT2D eigenvalue weighted by Gasteiger charge is -2.32. The average Bonchev–Trinajstić information content (AvgIpc) is 2.91. The topological polar surface area (TPSA) is 96.0 Å². The summed E-state index contributed by atoms with van der Waals surface area (Å²) in [6.45, 7) is 5.77. The van der Waals surface area contributed by atoms with Crippen molar-refractivity contribution in [3.05, 3.63) is 88.9 Å². The number of anilines is 1. The van der Waals surface area contributed by atoms with Crippen molar-refractivity contribution in [1.82, 2.24) is 10.2 Å². The normalized spacial score (nSPS) is 11.9. The second-order valence-electron chi connectivity index (χ2n) is 8.47. The van der Waals surface area contributed by atoms with Crippen LogP contribution in [-0.4, -0.2) is 50.9 Å². The van der Waals surface area contributed by atoms with Gasteiger partial charge in [-0.2, -0.15) is 0 Å². The van der Waals surface area contributed by atoms with Gasteiger partial charge < -0.3 is 15.0 Å². The number of nitrogens with zero attached hydrogens (tertiary/aromatic N) is 2. The molecule has 0 heterocycles. The van der Waals surface area contributed by atoms with E-state index in [-0.39, 0.29) is 17.3 Å². The van der Waals surface area contributed by atoms with E-state index in [1.807, 2.05) is 31.2 Å². The number of ether oxygens (including phenoxy) is 1. The maximum absolute atomic E-state index is 13.8. The zero-order chi connectivity index (χ0) is 27.7. The molecule has 38 heavy (non-hydrogen) atoms. The van der Waals surface area contributed by atoms with Gasteiger partial charge in [0.15, 0.2) is 0 Å². The molecule has 0 saturated carbocycles. The van der Waals surface area contributed by atoms with Gasteiger partial charge in [0.05, 0.1) is 17.2 Å². The third-order valence-corrected chi connectivity index (χ3v) is 8.09. The molecule has 0 spiro atoms. The highest BCUT2D eigenvalue weighted by molar-refractivity contribution is 9.10. The van der Waals surface area contributed by atoms with E-state index in [0.29, 0.717) is 24.6 Å². The maximum atomic E-state index is 13.8. The predicted molar refractivity (Wildman–Crippen MR) is 151 cm³/mol. The summed E-state index contributed by atoms with van der Waals surface area (Å²) in [7, 11) is -4.13. The van der Waals surface area contributed by atoms with Gasteiger partial charge in [-0.15, -0.1) is 0 Å². The largest absolute Gasteiger partial charge is 0.494 e. The first-order chi connectivity index (χ1) is 18.2. The second-order valence-corrected chi connectivity index (χ2v) is 11.3. The summed E-state index contributed by atoms with van der Waals surface area (Å²) in [4.78, 5) is 28.0. The molecule has 0 radical (unpaired) electrons. The van der Waals surface area contributed by atoms with Gasteiger partial charge in [0.25, 0.3) is 10.0 Å². The molecule has 0 aromatic heterocycles. The van der Waals surface area contributed by atoms with Crippen molar-refractivity contribution in [3.63, 3.8) is 0 Å². The quantitative estimate of drug-likeness (QED) is 0.327. The van der Waals surface area contributed by atoms with E-state index in [1.54, 1.807) is 56.3 Å². The van der Waals surface area contributed by atoms with E-state index >= 15 is 0 Å². The molecule has 0 bridgehead atoms. The predicted octanol–water partition coefficient (Wildman–Crippen LogP) is 4.60. The zero-order valence-electron chi connectivity index (χ0n) is 21.6. The lowest BCUT2D eigenvalue weighted by molar-refractivity contribution is -0.139. The highest BCUT2D eigenvalue weighted by atomic mass is 79.9. The van der Waals surface area contributed by atoms with Gasteiger partial charge in [-0.3, -0.25) is 13.9 Å². The number of benzene rings is 3. The zero-order valence-corrected chi connectivity index (χ0v) is 24.0. The maximum Gasteiger partial charge on any atom is 0.264 e. The molecule has 0 saturated heterocycles. The number of carbonyl (C=O) groups is 2. The molecule has 10 heteroatoms. The van der Waals surface area contributed by atoms with Gasteiger partial charge in [-0.1, -0.05) is 46.3 Å². The number of amides is 2. The molecule has 202 valence electrons. The fourth-order valence-corrected chi connectivity index (χ4v) is 5.72. The molecule has 0 aliphatic heterocycles. The highest BCUT2D eigenvalue weighted by Gasteiger charge is 2.32. The molecule has 3 aromatic rings. The Morgan fingerprint density at radius 1 is 0.974 bits per heavy atom. The Hall–Kier alpha value is -3.37. The fourth-order valence-electron chi connectivity index (χ4n) is 3.86. The molecule has 1 unspecified atom stereocenters. The van der Waals surface area contributed by atoms with E-state index in [9.17, 15) is 18.0 Å². The van der Waals surface area contributed by atoms with E-state index in [0.717, 1.165) is 14.3 Å². The Morgan fingerprint density at radius 3 is 2.26 bits per heavy atom. The van der Waals surface area contributed by atoms with Crippen LogP contribution in [0.1, 0.15) is 26.3 Å². The molecular weight excluding hydrogens is 570 g/mol. The van der Waals surface area contributed by atoms with Crippen molar-refractivity contribution in [2.75, 3.05) is 24.0 Å². The van der Waals surface area contributed by atoms with Gasteiger partial charge in [0, 0.05) is 17.6 Å². The fraction of sp³-hybridized carbons (Fsp3) is 0.286. The van der Waals surface area contributed by atoms with Gasteiger partial charge >= 0.3 is 0 Å². The van der Waals surface area contributed by atoms with E-state index in [1.165, 1.54) is 17.0 Å². The minimum Gasteiger partial charge on any atom is -0.494 e. The smallest absolute Gasteiger partial charge is 0.264 e. The number of halogens is 1. The number of para-hydroxylation sites is 1. The van der Waals surface area contributed by atoms with Crippen molar-refractivity contribution >= 4 is 43.5 Å². The third kappa shape index (κ3) is 7.35. The van der Waals surface area contributed by atoms with Crippen molar-refractivity contribution in [3.8, 4) is 5.75 Å². The molecule has 0 fully saturated rings. The lowest BCUT2D eigenvalue weighted by atomic mass is 10.1. The molecule has 0 aliphatic rings. The van der Waals surface area contributed by atoms with Crippen molar-refractivity contribution < 1.29 is 22.7 Å². The van der Waals surface area contributed by atoms with Gasteiger partial charge in [-0.05, 0) is 74.9 Å². The number of rotatable bonds is 12. The molecule has 8 nitrogen and oxygen atoms in total. The Balaban J connectivity index is 1.99. The van der Waals surface area contributed by atoms with Crippen LogP contribution in [0.4, 0.5) is 5.69 Å². The summed E-state index contributed by atoms with van der Waals surface area (Å²) < 4.78 is 34.9. The summed E-state index contributed by atoms with van der Waals surface area (Å²) in [5.41, 5.74) is 1.13. The van der Waals surface area contributed by atoms with Crippen LogP contribution in [0.5, 0.6) is 5.75 Å². The first-order valence-electron chi connectivity index (χ1n) is 12.3. The van der Waals surface area contributed by atoms with Crippen molar-refractivity contribution in [2.24, 2.45) is 0 Å². The SMILES string of the molecule is CCNC(=O)C(C)N(Cc1cccc(Br)c1)C(=O)CN(c1ccccc1)S(=O)(=O)c1ccc(OCC)cc1. The first-order valence-corrected chi connectivity index (χ1v) is 14.5. The summed E-state index contributed by atoms with van der Waals surface area (Å²) in [5, 5.41) is 2.75. The van der Waals surface area contributed by atoms with Gasteiger partial charge in [-0.25, -0.2) is 8.42 Å². The average molecular weight is 603 g/mol. The molecule has 3 rings (SSSR count). The summed E-state index contributed by atoms with van der Waals surface area (Å²) in [6.07, 6.45) is 0. The highest BCUT2D eigenvalue weighted by Crippen LogP contribution is 2.26. The van der Waals surface area contributed by atoms with E-state index in [2.05, 4.69) is 21.2 Å². The summed E-state index contributed by atoms with van der Waals surface area (Å²) in [6, 6.07) is 21.1. The Labute approximate surface area is 232 Å². The van der Waals surface area contributed by atoms with Crippen molar-refractivity contribution in [1.29, 1.82) is 0 Å². The monoisotopic (exact) mass is 601 g/mol. The lowest BCUT2D eigenvalue weighted by Crippen LogP contribution is -2.51.